The molecule has 1 aliphatic heterocycles. The molecule has 0 atom stereocenters. The van der Waals surface area contributed by atoms with Crippen molar-refractivity contribution >= 4 is 27.3 Å². The zero-order valence-corrected chi connectivity index (χ0v) is 18.6. The first-order chi connectivity index (χ1) is 15.5. The fourth-order valence-corrected chi connectivity index (χ4v) is 4.84. The second-order valence-electron chi connectivity index (χ2n) is 7.89. The summed E-state index contributed by atoms with van der Waals surface area (Å²) >= 11 is 0. The van der Waals surface area contributed by atoms with Crippen molar-refractivity contribution in [2.24, 2.45) is 0 Å². The highest BCUT2D eigenvalue weighted by Crippen LogP contribution is 2.20. The second kappa shape index (κ2) is 9.87. The number of nitrogens with one attached hydrogen (secondary N) is 2. The van der Waals surface area contributed by atoms with Gasteiger partial charge in [0.1, 0.15) is 0 Å². The SMILES string of the molecule is O=C(NCc1ccc(N2CCCCC2)cc1)c1ccc(NS(=O)(=O)c2ccccc2)cc1. The standard InChI is InChI=1S/C25H27N3O3S/c29-25(26-19-20-9-15-23(16-10-20)28-17-5-2-6-18-28)21-11-13-22(14-12-21)27-32(30,31)24-7-3-1-4-8-24/h1,3-4,7-16,27H,2,5-6,17-19H2,(H,26,29). The molecule has 32 heavy (non-hydrogen) atoms. The van der Waals surface area contributed by atoms with Crippen molar-refractivity contribution in [1.82, 2.24) is 5.32 Å². The smallest absolute Gasteiger partial charge is 0.261 e. The van der Waals surface area contributed by atoms with Crippen molar-refractivity contribution in [1.29, 1.82) is 0 Å². The van der Waals surface area contributed by atoms with Gasteiger partial charge < -0.3 is 10.2 Å². The molecule has 0 unspecified atom stereocenters. The first-order valence-electron chi connectivity index (χ1n) is 10.8. The lowest BCUT2D eigenvalue weighted by Crippen LogP contribution is -2.29. The number of sulfonamides is 1. The first-order valence-corrected chi connectivity index (χ1v) is 12.3. The molecule has 1 amide bonds. The van der Waals surface area contributed by atoms with E-state index in [0.29, 0.717) is 17.8 Å². The molecule has 166 valence electrons. The van der Waals surface area contributed by atoms with E-state index in [2.05, 4.69) is 27.1 Å². The molecule has 1 heterocycles. The number of rotatable bonds is 7. The summed E-state index contributed by atoms with van der Waals surface area (Å²) in [5, 5.41) is 2.92. The molecule has 0 aliphatic carbocycles. The van der Waals surface area contributed by atoms with Gasteiger partial charge in [-0.1, -0.05) is 30.3 Å². The Morgan fingerprint density at radius 1 is 0.812 bits per heavy atom. The van der Waals surface area contributed by atoms with Crippen LogP contribution in [0.3, 0.4) is 0 Å². The Hall–Kier alpha value is -3.32. The minimum atomic E-state index is -3.66. The van der Waals surface area contributed by atoms with Crippen LogP contribution in [0.4, 0.5) is 11.4 Å². The van der Waals surface area contributed by atoms with Crippen molar-refractivity contribution in [2.45, 2.75) is 30.7 Å². The van der Waals surface area contributed by atoms with Crippen molar-refractivity contribution in [3.8, 4) is 0 Å². The monoisotopic (exact) mass is 449 g/mol. The molecule has 0 spiro atoms. The molecule has 0 radical (unpaired) electrons. The predicted octanol–water partition coefficient (Wildman–Crippen LogP) is 4.41. The van der Waals surface area contributed by atoms with Crippen LogP contribution < -0.4 is 14.9 Å². The molecule has 4 rings (SSSR count). The fourth-order valence-electron chi connectivity index (χ4n) is 3.76. The maximum absolute atomic E-state index is 12.5. The van der Waals surface area contributed by atoms with E-state index in [1.807, 2.05) is 12.1 Å². The van der Waals surface area contributed by atoms with Gasteiger partial charge in [-0.25, -0.2) is 8.42 Å². The Morgan fingerprint density at radius 3 is 2.12 bits per heavy atom. The van der Waals surface area contributed by atoms with E-state index in [4.69, 9.17) is 0 Å². The van der Waals surface area contributed by atoms with Crippen LogP contribution in [0.2, 0.25) is 0 Å². The summed E-state index contributed by atoms with van der Waals surface area (Å²) in [4.78, 5) is 15.1. The number of benzene rings is 3. The highest BCUT2D eigenvalue weighted by Gasteiger charge is 2.14. The van der Waals surface area contributed by atoms with E-state index in [1.54, 1.807) is 42.5 Å². The van der Waals surface area contributed by atoms with Crippen molar-refractivity contribution in [3.63, 3.8) is 0 Å². The third kappa shape index (κ3) is 5.48. The number of carbonyl (C=O) groups excluding carboxylic acids is 1. The topological polar surface area (TPSA) is 78.5 Å². The Bertz CT molecular complexity index is 1140. The number of amides is 1. The number of hydrogen-bond acceptors (Lipinski definition) is 4. The summed E-state index contributed by atoms with van der Waals surface area (Å²) in [5.74, 6) is -0.206. The molecule has 7 heteroatoms. The highest BCUT2D eigenvalue weighted by atomic mass is 32.2. The molecule has 1 fully saturated rings. The van der Waals surface area contributed by atoms with Crippen LogP contribution in [0.15, 0.2) is 83.8 Å². The van der Waals surface area contributed by atoms with Crippen molar-refractivity contribution < 1.29 is 13.2 Å². The van der Waals surface area contributed by atoms with Gasteiger partial charge in [0, 0.05) is 36.6 Å². The lowest BCUT2D eigenvalue weighted by atomic mass is 10.1. The number of carbonyl (C=O) groups is 1. The Labute approximate surface area is 189 Å². The maximum Gasteiger partial charge on any atom is 0.261 e. The van der Waals surface area contributed by atoms with E-state index in [-0.39, 0.29) is 10.8 Å². The molecular formula is C25H27N3O3S. The molecule has 0 saturated carbocycles. The fraction of sp³-hybridized carbons (Fsp3) is 0.240. The largest absolute Gasteiger partial charge is 0.372 e. The van der Waals surface area contributed by atoms with Gasteiger partial charge >= 0.3 is 0 Å². The van der Waals surface area contributed by atoms with Gasteiger partial charge in [-0.3, -0.25) is 9.52 Å². The van der Waals surface area contributed by atoms with Gasteiger partial charge in [-0.15, -0.1) is 0 Å². The summed E-state index contributed by atoms with van der Waals surface area (Å²) in [7, 11) is -3.66. The van der Waals surface area contributed by atoms with E-state index in [0.717, 1.165) is 18.7 Å². The van der Waals surface area contributed by atoms with E-state index >= 15 is 0 Å². The average molecular weight is 450 g/mol. The minimum absolute atomic E-state index is 0.188. The van der Waals surface area contributed by atoms with E-state index < -0.39 is 10.0 Å². The molecule has 6 nitrogen and oxygen atoms in total. The molecule has 2 N–H and O–H groups in total. The molecule has 0 aromatic heterocycles. The summed E-state index contributed by atoms with van der Waals surface area (Å²) in [6.45, 7) is 2.64. The van der Waals surface area contributed by atoms with Gasteiger partial charge in [-0.2, -0.15) is 0 Å². The number of anilines is 2. The molecule has 3 aromatic rings. The number of nitrogens with zero attached hydrogens (tertiary/aromatic N) is 1. The Morgan fingerprint density at radius 2 is 1.47 bits per heavy atom. The van der Waals surface area contributed by atoms with Crippen LogP contribution in [0.1, 0.15) is 35.2 Å². The zero-order chi connectivity index (χ0) is 22.4. The van der Waals surface area contributed by atoms with Crippen LogP contribution >= 0.6 is 0 Å². The number of piperidine rings is 1. The van der Waals surface area contributed by atoms with Crippen LogP contribution in [0, 0.1) is 0 Å². The van der Waals surface area contributed by atoms with Crippen LogP contribution in [0.5, 0.6) is 0 Å². The summed E-state index contributed by atoms with van der Waals surface area (Å²) in [6.07, 6.45) is 3.79. The quantitative estimate of drug-likeness (QED) is 0.560. The number of hydrogen-bond donors (Lipinski definition) is 2. The van der Waals surface area contributed by atoms with Gasteiger partial charge in [0.2, 0.25) is 0 Å². The molecule has 1 saturated heterocycles. The van der Waals surface area contributed by atoms with Crippen LogP contribution in [0.25, 0.3) is 0 Å². The molecular weight excluding hydrogens is 422 g/mol. The zero-order valence-electron chi connectivity index (χ0n) is 17.8. The van der Waals surface area contributed by atoms with Crippen molar-refractivity contribution in [2.75, 3.05) is 22.7 Å². The Kier molecular flexibility index (Phi) is 6.75. The first kappa shape index (κ1) is 21.9. The lowest BCUT2D eigenvalue weighted by Gasteiger charge is -2.28. The van der Waals surface area contributed by atoms with E-state index in [1.165, 1.54) is 37.1 Å². The second-order valence-corrected chi connectivity index (χ2v) is 9.58. The molecule has 3 aromatic carbocycles. The van der Waals surface area contributed by atoms with E-state index in [9.17, 15) is 13.2 Å². The molecule has 0 bridgehead atoms. The maximum atomic E-state index is 12.5. The Balaban J connectivity index is 1.32. The van der Waals surface area contributed by atoms with Gasteiger partial charge in [-0.05, 0) is 73.4 Å². The summed E-state index contributed by atoms with van der Waals surface area (Å²) in [5.41, 5.74) is 3.14. The van der Waals surface area contributed by atoms with Crippen LogP contribution in [-0.4, -0.2) is 27.4 Å². The van der Waals surface area contributed by atoms with Gasteiger partial charge in [0.05, 0.1) is 4.90 Å². The van der Waals surface area contributed by atoms with Crippen LogP contribution in [-0.2, 0) is 16.6 Å². The third-order valence-corrected chi connectivity index (χ3v) is 6.96. The summed E-state index contributed by atoms with van der Waals surface area (Å²) in [6, 6.07) is 22.9. The lowest BCUT2D eigenvalue weighted by molar-refractivity contribution is 0.0951. The normalized spacial score (nSPS) is 14.1. The average Bonchev–Trinajstić information content (AvgIpc) is 2.84. The van der Waals surface area contributed by atoms with Gasteiger partial charge in [0.15, 0.2) is 0 Å². The predicted molar refractivity (Wildman–Crippen MR) is 127 cm³/mol. The minimum Gasteiger partial charge on any atom is -0.372 e. The highest BCUT2D eigenvalue weighted by molar-refractivity contribution is 7.92. The van der Waals surface area contributed by atoms with Gasteiger partial charge in [0.25, 0.3) is 15.9 Å². The summed E-state index contributed by atoms with van der Waals surface area (Å²) < 4.78 is 27.3. The third-order valence-electron chi connectivity index (χ3n) is 5.56. The molecule has 1 aliphatic rings. The van der Waals surface area contributed by atoms with Crippen molar-refractivity contribution in [3.05, 3.63) is 90.0 Å².